The van der Waals surface area contributed by atoms with E-state index in [4.69, 9.17) is 5.73 Å². The van der Waals surface area contributed by atoms with Gasteiger partial charge in [-0.3, -0.25) is 4.79 Å². The highest BCUT2D eigenvalue weighted by atomic mass is 16.1. The number of nitrogens with two attached hydrogens (primary N) is 1. The Hall–Kier alpha value is -1.09. The van der Waals surface area contributed by atoms with Gasteiger partial charge in [-0.25, -0.2) is 0 Å². The molecule has 0 aromatic carbocycles. The Labute approximate surface area is 67.2 Å². The fraction of sp³-hybridized carbons (Fsp3) is 0.375. The van der Waals surface area contributed by atoms with E-state index in [1.165, 1.54) is 4.90 Å². The molecule has 0 radical (unpaired) electrons. The van der Waals surface area contributed by atoms with E-state index in [2.05, 4.69) is 6.58 Å². The van der Waals surface area contributed by atoms with Crippen molar-refractivity contribution >= 4 is 6.41 Å². The molecular formula is C8H14N2O. The summed E-state index contributed by atoms with van der Waals surface area (Å²) < 4.78 is 0. The van der Waals surface area contributed by atoms with Crippen molar-refractivity contribution in [2.24, 2.45) is 5.73 Å². The summed E-state index contributed by atoms with van der Waals surface area (Å²) in [5.41, 5.74) is 5.95. The molecule has 0 aliphatic rings. The maximum absolute atomic E-state index is 10.4. The first-order valence-corrected chi connectivity index (χ1v) is 3.49. The van der Waals surface area contributed by atoms with Gasteiger partial charge in [0.15, 0.2) is 0 Å². The summed E-state index contributed by atoms with van der Waals surface area (Å²) in [4.78, 5) is 11.9. The minimum absolute atomic E-state index is 0.454. The van der Waals surface area contributed by atoms with E-state index >= 15 is 0 Å². The van der Waals surface area contributed by atoms with Gasteiger partial charge >= 0.3 is 0 Å². The van der Waals surface area contributed by atoms with Crippen LogP contribution in [0.3, 0.4) is 0 Å². The second kappa shape index (κ2) is 5.68. The van der Waals surface area contributed by atoms with E-state index in [1.54, 1.807) is 6.08 Å². The molecule has 2 N–H and O–H groups in total. The van der Waals surface area contributed by atoms with Gasteiger partial charge in [0.1, 0.15) is 0 Å². The molecule has 0 saturated heterocycles. The molecule has 0 aromatic heterocycles. The number of carbonyl (C=O) groups is 1. The number of hydrogen-bond acceptors (Lipinski definition) is 2. The van der Waals surface area contributed by atoms with Crippen molar-refractivity contribution in [1.82, 2.24) is 4.90 Å². The van der Waals surface area contributed by atoms with Crippen LogP contribution in [0.25, 0.3) is 0 Å². The molecule has 0 aliphatic heterocycles. The first kappa shape index (κ1) is 9.91. The molecule has 0 aromatic rings. The standard InChI is InChI=1S/C8H14N2O/c1-3-4-8(2)10(7-11)6-5-9/h3-4,7H,2,5-6,9H2,1H3/b4-3-. The Morgan fingerprint density at radius 2 is 2.36 bits per heavy atom. The van der Waals surface area contributed by atoms with Crippen molar-refractivity contribution in [2.75, 3.05) is 13.1 Å². The third-order valence-electron chi connectivity index (χ3n) is 1.23. The average molecular weight is 154 g/mol. The molecule has 3 nitrogen and oxygen atoms in total. The van der Waals surface area contributed by atoms with Crippen LogP contribution in [-0.4, -0.2) is 24.4 Å². The maximum Gasteiger partial charge on any atom is 0.214 e. The summed E-state index contributed by atoms with van der Waals surface area (Å²) in [6.07, 6.45) is 4.33. The lowest BCUT2D eigenvalue weighted by atomic mass is 10.4. The van der Waals surface area contributed by atoms with Crippen LogP contribution in [-0.2, 0) is 4.79 Å². The zero-order valence-corrected chi connectivity index (χ0v) is 6.79. The van der Waals surface area contributed by atoms with Gasteiger partial charge in [-0.15, -0.1) is 0 Å². The number of hydrogen-bond donors (Lipinski definition) is 1. The number of carbonyl (C=O) groups excluding carboxylic acids is 1. The van der Waals surface area contributed by atoms with Crippen LogP contribution in [0.4, 0.5) is 0 Å². The monoisotopic (exact) mass is 154 g/mol. The van der Waals surface area contributed by atoms with Gasteiger partial charge < -0.3 is 10.6 Å². The van der Waals surface area contributed by atoms with E-state index in [1.807, 2.05) is 13.0 Å². The lowest BCUT2D eigenvalue weighted by Gasteiger charge is -2.15. The number of allylic oxidation sites excluding steroid dienone is 2. The topological polar surface area (TPSA) is 46.3 Å². The molecule has 3 heteroatoms. The minimum atomic E-state index is 0.454. The van der Waals surface area contributed by atoms with Crippen molar-refractivity contribution in [3.05, 3.63) is 24.4 Å². The number of nitrogens with zero attached hydrogens (tertiary/aromatic N) is 1. The molecule has 0 heterocycles. The Kier molecular flexibility index (Phi) is 5.11. The maximum atomic E-state index is 10.4. The highest BCUT2D eigenvalue weighted by Crippen LogP contribution is 1.98. The van der Waals surface area contributed by atoms with Crippen LogP contribution in [0.2, 0.25) is 0 Å². The molecule has 0 atom stereocenters. The van der Waals surface area contributed by atoms with Gasteiger partial charge in [0.2, 0.25) is 6.41 Å². The molecule has 0 unspecified atom stereocenters. The average Bonchev–Trinajstić information content (AvgIpc) is 2.00. The second-order valence-corrected chi connectivity index (χ2v) is 2.08. The summed E-state index contributed by atoms with van der Waals surface area (Å²) in [6, 6.07) is 0. The third-order valence-corrected chi connectivity index (χ3v) is 1.23. The van der Waals surface area contributed by atoms with Crippen molar-refractivity contribution < 1.29 is 4.79 Å². The summed E-state index contributed by atoms with van der Waals surface area (Å²) in [5.74, 6) is 0. The molecular weight excluding hydrogens is 140 g/mol. The molecule has 0 bridgehead atoms. The quantitative estimate of drug-likeness (QED) is 0.463. The molecule has 0 fully saturated rings. The zero-order valence-electron chi connectivity index (χ0n) is 6.79. The summed E-state index contributed by atoms with van der Waals surface area (Å²) in [7, 11) is 0. The first-order chi connectivity index (χ1) is 5.26. The van der Waals surface area contributed by atoms with Crippen LogP contribution in [0.1, 0.15) is 6.92 Å². The SMILES string of the molecule is C=C(/C=C\C)N(C=O)CCN. The normalized spacial score (nSPS) is 10.0. The molecule has 11 heavy (non-hydrogen) atoms. The molecule has 0 saturated carbocycles. The van der Waals surface area contributed by atoms with Crippen molar-refractivity contribution in [3.63, 3.8) is 0 Å². The van der Waals surface area contributed by atoms with Gasteiger partial charge in [0.25, 0.3) is 0 Å². The van der Waals surface area contributed by atoms with E-state index in [0.717, 1.165) is 6.41 Å². The van der Waals surface area contributed by atoms with Crippen LogP contribution in [0.5, 0.6) is 0 Å². The molecule has 1 amide bonds. The Bertz CT molecular complexity index is 163. The largest absolute Gasteiger partial charge is 0.329 e. The minimum Gasteiger partial charge on any atom is -0.329 e. The zero-order chi connectivity index (χ0) is 8.69. The molecule has 62 valence electrons. The van der Waals surface area contributed by atoms with Crippen molar-refractivity contribution in [3.8, 4) is 0 Å². The molecule has 0 rings (SSSR count). The van der Waals surface area contributed by atoms with Crippen molar-refractivity contribution in [1.29, 1.82) is 0 Å². The van der Waals surface area contributed by atoms with E-state index in [-0.39, 0.29) is 0 Å². The van der Waals surface area contributed by atoms with Crippen molar-refractivity contribution in [2.45, 2.75) is 6.92 Å². The summed E-state index contributed by atoms with van der Waals surface area (Å²) in [5, 5.41) is 0. The van der Waals surface area contributed by atoms with Gasteiger partial charge in [-0.05, 0) is 13.0 Å². The van der Waals surface area contributed by atoms with Gasteiger partial charge in [-0.1, -0.05) is 12.7 Å². The Balaban J connectivity index is 4.02. The van der Waals surface area contributed by atoms with Crippen LogP contribution >= 0.6 is 0 Å². The van der Waals surface area contributed by atoms with Crippen LogP contribution in [0, 0.1) is 0 Å². The van der Waals surface area contributed by atoms with E-state index in [9.17, 15) is 4.79 Å². The molecule has 0 spiro atoms. The van der Waals surface area contributed by atoms with E-state index in [0.29, 0.717) is 18.8 Å². The predicted molar refractivity (Wildman–Crippen MR) is 45.8 cm³/mol. The van der Waals surface area contributed by atoms with Gasteiger partial charge in [-0.2, -0.15) is 0 Å². The lowest BCUT2D eigenvalue weighted by Crippen LogP contribution is -2.26. The summed E-state index contributed by atoms with van der Waals surface area (Å²) in [6.45, 7) is 6.53. The second-order valence-electron chi connectivity index (χ2n) is 2.08. The Morgan fingerprint density at radius 1 is 1.73 bits per heavy atom. The van der Waals surface area contributed by atoms with E-state index < -0.39 is 0 Å². The fourth-order valence-corrected chi connectivity index (χ4v) is 0.691. The number of amides is 1. The first-order valence-electron chi connectivity index (χ1n) is 3.49. The smallest absolute Gasteiger partial charge is 0.214 e. The highest BCUT2D eigenvalue weighted by Gasteiger charge is 1.99. The van der Waals surface area contributed by atoms with Gasteiger partial charge in [0.05, 0.1) is 0 Å². The fourth-order valence-electron chi connectivity index (χ4n) is 0.691. The Morgan fingerprint density at radius 3 is 2.73 bits per heavy atom. The predicted octanol–water partition coefficient (Wildman–Crippen LogP) is 0.493. The van der Waals surface area contributed by atoms with Crippen LogP contribution < -0.4 is 5.73 Å². The number of rotatable bonds is 5. The molecule has 0 aliphatic carbocycles. The van der Waals surface area contributed by atoms with Crippen LogP contribution in [0.15, 0.2) is 24.4 Å². The highest BCUT2D eigenvalue weighted by molar-refractivity contribution is 5.52. The lowest BCUT2D eigenvalue weighted by molar-refractivity contribution is -0.116. The van der Waals surface area contributed by atoms with Gasteiger partial charge in [0, 0.05) is 18.8 Å². The third kappa shape index (κ3) is 3.57. The summed E-state index contributed by atoms with van der Waals surface area (Å²) >= 11 is 0.